The molecule has 0 aliphatic rings. The van der Waals surface area contributed by atoms with Crippen LogP contribution in [0.1, 0.15) is 26.5 Å². The van der Waals surface area contributed by atoms with Crippen molar-refractivity contribution < 1.29 is 13.9 Å². The summed E-state index contributed by atoms with van der Waals surface area (Å²) in [4.78, 5) is 24.6. The number of hydrogen-bond donors (Lipinski definition) is 3. The number of allylic oxidation sites excluding steroid dienone is 1. The maximum Gasteiger partial charge on any atom is 0.354 e. The molecule has 9 nitrogen and oxygen atoms in total. The molecular weight excluding hydrogens is 413 g/mol. The van der Waals surface area contributed by atoms with Gasteiger partial charge in [-0.2, -0.15) is 4.99 Å². The molecule has 5 N–H and O–H groups in total. The SMILES string of the molecule is CNCc1cc(Oc2ccc3c(ccn3C(=O)/N=C(N)/C=C(\N)C(C)(C)C)c2F)ncn1. The fraction of sp³-hybridized carbons (Fsp3) is 0.273. The van der Waals surface area contributed by atoms with Crippen LogP contribution in [0, 0.1) is 11.2 Å². The van der Waals surface area contributed by atoms with Gasteiger partial charge in [0.1, 0.15) is 12.2 Å². The van der Waals surface area contributed by atoms with E-state index in [9.17, 15) is 4.79 Å². The first-order chi connectivity index (χ1) is 15.1. The molecule has 1 amide bonds. The number of fused-ring (bicyclic) bond motifs is 1. The van der Waals surface area contributed by atoms with Gasteiger partial charge in [0, 0.05) is 35.3 Å². The van der Waals surface area contributed by atoms with Gasteiger partial charge in [-0.3, -0.25) is 4.57 Å². The lowest BCUT2D eigenvalue weighted by Crippen LogP contribution is -2.22. The summed E-state index contributed by atoms with van der Waals surface area (Å²) in [6, 6.07) is 5.39. The van der Waals surface area contributed by atoms with Gasteiger partial charge in [0.05, 0.1) is 11.2 Å². The lowest BCUT2D eigenvalue weighted by molar-refractivity contribution is 0.251. The number of amidine groups is 1. The molecule has 1 aromatic carbocycles. The molecule has 2 aromatic heterocycles. The van der Waals surface area contributed by atoms with Crippen molar-refractivity contribution >= 4 is 22.8 Å². The van der Waals surface area contributed by atoms with Crippen LogP contribution < -0.4 is 21.5 Å². The first-order valence-electron chi connectivity index (χ1n) is 9.89. The van der Waals surface area contributed by atoms with Crippen molar-refractivity contribution in [3.63, 3.8) is 0 Å². The lowest BCUT2D eigenvalue weighted by atomic mass is 9.92. The molecule has 0 saturated carbocycles. The largest absolute Gasteiger partial charge is 0.436 e. The van der Waals surface area contributed by atoms with Gasteiger partial charge in [0.25, 0.3) is 0 Å². The van der Waals surface area contributed by atoms with Crippen LogP contribution >= 0.6 is 0 Å². The molecule has 0 radical (unpaired) electrons. The van der Waals surface area contributed by atoms with Crippen molar-refractivity contribution in [2.75, 3.05) is 7.05 Å². The maximum absolute atomic E-state index is 15.1. The first-order valence-corrected chi connectivity index (χ1v) is 9.89. The zero-order valence-corrected chi connectivity index (χ0v) is 18.4. The number of rotatable bonds is 5. The van der Waals surface area contributed by atoms with E-state index in [1.807, 2.05) is 20.8 Å². The summed E-state index contributed by atoms with van der Waals surface area (Å²) in [5.74, 6) is -0.484. The first kappa shape index (κ1) is 22.9. The summed E-state index contributed by atoms with van der Waals surface area (Å²) >= 11 is 0. The van der Waals surface area contributed by atoms with Gasteiger partial charge in [0.2, 0.25) is 5.88 Å². The molecule has 0 fully saturated rings. The Morgan fingerprint density at radius 1 is 1.28 bits per heavy atom. The minimum absolute atomic E-state index is 0.0271. The highest BCUT2D eigenvalue weighted by Crippen LogP contribution is 2.30. The zero-order chi connectivity index (χ0) is 23.5. The van der Waals surface area contributed by atoms with Gasteiger partial charge in [-0.25, -0.2) is 19.2 Å². The minimum atomic E-state index is -0.670. The van der Waals surface area contributed by atoms with Gasteiger partial charge < -0.3 is 21.5 Å². The van der Waals surface area contributed by atoms with Gasteiger partial charge in [-0.15, -0.1) is 0 Å². The van der Waals surface area contributed by atoms with Crippen LogP contribution in [-0.2, 0) is 6.54 Å². The van der Waals surface area contributed by atoms with Gasteiger partial charge >= 0.3 is 6.03 Å². The molecule has 0 spiro atoms. The number of carbonyl (C=O) groups excluding carboxylic acids is 1. The summed E-state index contributed by atoms with van der Waals surface area (Å²) in [5.41, 5.74) is 13.0. The number of nitrogens with two attached hydrogens (primary N) is 2. The predicted octanol–water partition coefficient (Wildman–Crippen LogP) is 3.30. The van der Waals surface area contributed by atoms with E-state index in [-0.39, 0.29) is 28.3 Å². The molecule has 3 aromatic rings. The van der Waals surface area contributed by atoms with Gasteiger partial charge in [-0.05, 0) is 31.3 Å². The van der Waals surface area contributed by atoms with Crippen LogP contribution in [0.3, 0.4) is 0 Å². The average Bonchev–Trinajstić information content (AvgIpc) is 3.15. The maximum atomic E-state index is 15.1. The molecule has 3 rings (SSSR count). The highest BCUT2D eigenvalue weighted by Gasteiger charge is 2.17. The number of carbonyl (C=O) groups is 1. The highest BCUT2D eigenvalue weighted by molar-refractivity contribution is 6.03. The Morgan fingerprint density at radius 2 is 2.03 bits per heavy atom. The van der Waals surface area contributed by atoms with E-state index in [0.717, 1.165) is 0 Å². The number of amides is 1. The molecule has 0 aliphatic heterocycles. The van der Waals surface area contributed by atoms with Crippen LogP contribution in [0.4, 0.5) is 9.18 Å². The number of nitrogens with one attached hydrogen (secondary N) is 1. The Bertz CT molecular complexity index is 1210. The van der Waals surface area contributed by atoms with Gasteiger partial charge in [0.15, 0.2) is 11.6 Å². The Kier molecular flexibility index (Phi) is 6.54. The predicted molar refractivity (Wildman–Crippen MR) is 121 cm³/mol. The summed E-state index contributed by atoms with van der Waals surface area (Å²) < 4.78 is 21.9. The van der Waals surface area contributed by atoms with E-state index < -0.39 is 11.8 Å². The molecule has 168 valence electrons. The van der Waals surface area contributed by atoms with Crippen molar-refractivity contribution in [3.05, 3.63) is 60.1 Å². The number of halogens is 1. The third-order valence-corrected chi connectivity index (χ3v) is 4.64. The van der Waals surface area contributed by atoms with Crippen molar-refractivity contribution in [3.8, 4) is 11.6 Å². The van der Waals surface area contributed by atoms with Gasteiger partial charge in [-0.1, -0.05) is 20.8 Å². The number of nitrogens with zero attached hydrogens (tertiary/aromatic N) is 4. The Labute approximate surface area is 185 Å². The van der Waals surface area contributed by atoms with Crippen LogP contribution in [0.15, 0.2) is 53.6 Å². The third kappa shape index (κ3) is 5.09. The molecule has 0 atom stereocenters. The molecule has 2 heterocycles. The second-order valence-corrected chi connectivity index (χ2v) is 8.15. The number of aromatic nitrogens is 3. The van der Waals surface area contributed by atoms with E-state index in [2.05, 4.69) is 20.3 Å². The average molecular weight is 439 g/mol. The van der Waals surface area contributed by atoms with E-state index in [1.54, 1.807) is 19.2 Å². The second-order valence-electron chi connectivity index (χ2n) is 8.15. The van der Waals surface area contributed by atoms with Crippen molar-refractivity contribution in [2.24, 2.45) is 21.9 Å². The van der Waals surface area contributed by atoms with E-state index in [1.165, 1.54) is 35.3 Å². The van der Waals surface area contributed by atoms with E-state index >= 15 is 4.39 Å². The molecule has 0 aliphatic carbocycles. The molecular formula is C22H26FN7O2. The topological polar surface area (TPSA) is 133 Å². The smallest absolute Gasteiger partial charge is 0.354 e. The number of hydrogen-bond acceptors (Lipinski definition) is 6. The van der Waals surface area contributed by atoms with Crippen LogP contribution in [0.25, 0.3) is 10.9 Å². The van der Waals surface area contributed by atoms with Crippen molar-refractivity contribution in [1.82, 2.24) is 19.9 Å². The Balaban J connectivity index is 1.88. The minimum Gasteiger partial charge on any atom is -0.436 e. The normalized spacial score (nSPS) is 12.9. The standard InChI is InChI=1S/C22H26FN7O2/c1-22(2,3)17(24)10-18(25)29-21(31)30-8-7-14-15(30)5-6-16(20(14)23)32-19-9-13(11-26-4)27-12-28-19/h5-10,12,26H,11,24H2,1-4H3,(H2,25,29,31)/b17-10-. The fourth-order valence-electron chi connectivity index (χ4n) is 2.80. The summed E-state index contributed by atoms with van der Waals surface area (Å²) in [7, 11) is 1.79. The van der Waals surface area contributed by atoms with Crippen LogP contribution in [-0.4, -0.2) is 33.4 Å². The zero-order valence-electron chi connectivity index (χ0n) is 18.4. The van der Waals surface area contributed by atoms with Crippen LogP contribution in [0.2, 0.25) is 0 Å². The highest BCUT2D eigenvalue weighted by atomic mass is 19.1. The number of aliphatic imine (C=N–C) groups is 1. The lowest BCUT2D eigenvalue weighted by Gasteiger charge is -2.18. The van der Waals surface area contributed by atoms with E-state index in [0.29, 0.717) is 23.5 Å². The number of ether oxygens (including phenoxy) is 1. The summed E-state index contributed by atoms with van der Waals surface area (Å²) in [5, 5.41) is 3.16. The molecule has 10 heteroatoms. The molecule has 0 unspecified atom stereocenters. The molecule has 0 bridgehead atoms. The second kappa shape index (κ2) is 9.15. The molecule has 32 heavy (non-hydrogen) atoms. The van der Waals surface area contributed by atoms with Crippen molar-refractivity contribution in [2.45, 2.75) is 27.3 Å². The molecule has 0 saturated heterocycles. The summed E-state index contributed by atoms with van der Waals surface area (Å²) in [6.07, 6.45) is 4.21. The van der Waals surface area contributed by atoms with E-state index in [4.69, 9.17) is 16.2 Å². The summed E-state index contributed by atoms with van der Waals surface area (Å²) in [6.45, 7) is 6.27. The third-order valence-electron chi connectivity index (χ3n) is 4.64. The number of benzene rings is 1. The van der Waals surface area contributed by atoms with Crippen LogP contribution in [0.5, 0.6) is 11.6 Å². The monoisotopic (exact) mass is 439 g/mol. The fourth-order valence-corrected chi connectivity index (χ4v) is 2.80. The van der Waals surface area contributed by atoms with Crippen molar-refractivity contribution in [1.29, 1.82) is 0 Å². The Morgan fingerprint density at radius 3 is 2.72 bits per heavy atom. The Hall–Kier alpha value is -3.79. The quantitative estimate of drug-likeness (QED) is 0.410.